The minimum absolute atomic E-state index is 0.0291. The zero-order valence-corrected chi connectivity index (χ0v) is 18.5. The lowest BCUT2D eigenvalue weighted by atomic mass is 9.92. The Morgan fingerprint density at radius 2 is 1.81 bits per heavy atom. The lowest BCUT2D eigenvalue weighted by molar-refractivity contribution is -0.280. The molecule has 0 amide bonds. The molecule has 1 heterocycles. The van der Waals surface area contributed by atoms with Crippen molar-refractivity contribution in [3.8, 4) is 0 Å². The minimum Gasteiger partial charge on any atom is -0.466 e. The first-order chi connectivity index (χ1) is 14.9. The molecule has 7 nitrogen and oxygen atoms in total. The molecular weight excluding hydrogens is 433 g/mol. The molecule has 0 saturated carbocycles. The summed E-state index contributed by atoms with van der Waals surface area (Å²) in [5, 5.41) is 0. The summed E-state index contributed by atoms with van der Waals surface area (Å²) in [5.41, 5.74) is -3.78. The molecule has 1 aromatic carbocycles. The molecule has 1 saturated heterocycles. The van der Waals surface area contributed by atoms with E-state index in [1.807, 2.05) is 0 Å². The van der Waals surface area contributed by atoms with Crippen LogP contribution in [0.4, 0.5) is 13.2 Å². The maximum absolute atomic E-state index is 14.2. The zero-order chi connectivity index (χ0) is 24.2. The number of carbonyl (C=O) groups excluding carboxylic acids is 2. The van der Waals surface area contributed by atoms with E-state index in [9.17, 15) is 22.8 Å². The van der Waals surface area contributed by atoms with Gasteiger partial charge in [-0.25, -0.2) is 9.59 Å². The highest BCUT2D eigenvalue weighted by Crippen LogP contribution is 2.44. The topological polar surface area (TPSA) is 80.3 Å². The van der Waals surface area contributed by atoms with Crippen LogP contribution >= 0.6 is 0 Å². The number of halogens is 3. The van der Waals surface area contributed by atoms with Gasteiger partial charge < -0.3 is 23.7 Å². The SMILES string of the molecule is COC(=O)/C=C/[C@@H](C)[C@H](OC(=O)[C@@](OC)(c1ccccc1)C(F)(F)F)[C@H]1COC(C)(C)O1. The average molecular weight is 460 g/mol. The Hall–Kier alpha value is -2.43. The van der Waals surface area contributed by atoms with Gasteiger partial charge >= 0.3 is 18.1 Å². The van der Waals surface area contributed by atoms with Gasteiger partial charge in [-0.1, -0.05) is 43.3 Å². The molecule has 10 heteroatoms. The molecule has 0 aliphatic carbocycles. The van der Waals surface area contributed by atoms with Crippen LogP contribution < -0.4 is 0 Å². The second-order valence-corrected chi connectivity index (χ2v) is 7.73. The Morgan fingerprint density at radius 3 is 2.28 bits per heavy atom. The van der Waals surface area contributed by atoms with E-state index in [0.29, 0.717) is 0 Å². The number of alkyl halides is 3. The maximum atomic E-state index is 14.2. The number of benzene rings is 1. The maximum Gasteiger partial charge on any atom is 0.432 e. The third-order valence-corrected chi connectivity index (χ3v) is 5.07. The first kappa shape index (κ1) is 25.8. The van der Waals surface area contributed by atoms with Gasteiger partial charge in [0.2, 0.25) is 0 Å². The third kappa shape index (κ3) is 5.48. The first-order valence-corrected chi connectivity index (χ1v) is 9.84. The predicted molar refractivity (Wildman–Crippen MR) is 106 cm³/mol. The van der Waals surface area contributed by atoms with Crippen molar-refractivity contribution in [1.29, 1.82) is 0 Å². The number of methoxy groups -OCH3 is 2. The van der Waals surface area contributed by atoms with Crippen LogP contribution in [0.3, 0.4) is 0 Å². The zero-order valence-electron chi connectivity index (χ0n) is 18.5. The molecule has 1 aliphatic rings. The van der Waals surface area contributed by atoms with E-state index in [2.05, 4.69) is 4.74 Å². The number of hydrogen-bond donors (Lipinski definition) is 0. The van der Waals surface area contributed by atoms with Crippen LogP contribution in [-0.4, -0.2) is 56.9 Å². The molecule has 4 atom stereocenters. The Bertz CT molecular complexity index is 823. The van der Waals surface area contributed by atoms with Gasteiger partial charge in [0.15, 0.2) is 5.79 Å². The third-order valence-electron chi connectivity index (χ3n) is 5.07. The van der Waals surface area contributed by atoms with E-state index in [4.69, 9.17) is 18.9 Å². The van der Waals surface area contributed by atoms with Gasteiger partial charge in [0.1, 0.15) is 12.2 Å². The highest BCUT2D eigenvalue weighted by Gasteiger charge is 2.64. The van der Waals surface area contributed by atoms with Crippen molar-refractivity contribution in [3.63, 3.8) is 0 Å². The van der Waals surface area contributed by atoms with Gasteiger partial charge in [0.05, 0.1) is 13.7 Å². The van der Waals surface area contributed by atoms with Crippen molar-refractivity contribution in [1.82, 2.24) is 0 Å². The van der Waals surface area contributed by atoms with Crippen LogP contribution in [0.2, 0.25) is 0 Å². The summed E-state index contributed by atoms with van der Waals surface area (Å²) in [6.07, 6.45) is -4.77. The fraction of sp³-hybridized carbons (Fsp3) is 0.545. The van der Waals surface area contributed by atoms with E-state index in [-0.39, 0.29) is 6.61 Å². The first-order valence-electron chi connectivity index (χ1n) is 9.84. The van der Waals surface area contributed by atoms with Gasteiger partial charge in [-0.05, 0) is 13.8 Å². The van der Waals surface area contributed by atoms with E-state index in [1.54, 1.807) is 20.8 Å². The van der Waals surface area contributed by atoms with Crippen LogP contribution in [0.15, 0.2) is 42.5 Å². The molecule has 0 radical (unpaired) electrons. The van der Waals surface area contributed by atoms with Crippen molar-refractivity contribution in [3.05, 3.63) is 48.0 Å². The number of rotatable bonds is 8. The van der Waals surface area contributed by atoms with Crippen LogP contribution in [0.5, 0.6) is 0 Å². The summed E-state index contributed by atoms with van der Waals surface area (Å²) in [4.78, 5) is 24.6. The second kappa shape index (κ2) is 10.0. The number of carbonyl (C=O) groups is 2. The number of hydrogen-bond acceptors (Lipinski definition) is 7. The van der Waals surface area contributed by atoms with Gasteiger partial charge in [0.25, 0.3) is 5.60 Å². The second-order valence-electron chi connectivity index (χ2n) is 7.73. The molecule has 1 aromatic rings. The van der Waals surface area contributed by atoms with Gasteiger partial charge in [0, 0.05) is 24.7 Å². The normalized spacial score (nSPS) is 22.2. The summed E-state index contributed by atoms with van der Waals surface area (Å²) < 4.78 is 68.6. The summed E-state index contributed by atoms with van der Waals surface area (Å²) in [6, 6.07) is 6.49. The lowest BCUT2D eigenvalue weighted by Gasteiger charge is -2.35. The summed E-state index contributed by atoms with van der Waals surface area (Å²) in [6.45, 7) is 4.79. The van der Waals surface area contributed by atoms with Crippen LogP contribution in [0, 0.1) is 5.92 Å². The molecule has 0 N–H and O–H groups in total. The largest absolute Gasteiger partial charge is 0.466 e. The van der Waals surface area contributed by atoms with E-state index in [1.165, 1.54) is 31.4 Å². The Kier molecular flexibility index (Phi) is 8.08. The van der Waals surface area contributed by atoms with E-state index < -0.39 is 53.2 Å². The van der Waals surface area contributed by atoms with Crippen molar-refractivity contribution in [2.45, 2.75) is 50.5 Å². The van der Waals surface area contributed by atoms with Crippen LogP contribution in [0.25, 0.3) is 0 Å². The average Bonchev–Trinajstić information content (AvgIpc) is 3.09. The molecule has 0 bridgehead atoms. The summed E-state index contributed by atoms with van der Waals surface area (Å²) >= 11 is 0. The van der Waals surface area contributed by atoms with Crippen molar-refractivity contribution >= 4 is 11.9 Å². The van der Waals surface area contributed by atoms with Crippen molar-refractivity contribution in [2.24, 2.45) is 5.92 Å². The number of ether oxygens (including phenoxy) is 5. The van der Waals surface area contributed by atoms with Crippen molar-refractivity contribution < 1.29 is 46.4 Å². The molecule has 178 valence electrons. The summed E-state index contributed by atoms with van der Waals surface area (Å²) in [7, 11) is 1.97. The molecule has 32 heavy (non-hydrogen) atoms. The molecule has 0 unspecified atom stereocenters. The molecule has 1 aliphatic heterocycles. The quantitative estimate of drug-likeness (QED) is 0.434. The minimum atomic E-state index is -5.12. The molecule has 0 aromatic heterocycles. The van der Waals surface area contributed by atoms with Crippen LogP contribution in [-0.2, 0) is 38.9 Å². The standard InChI is InChI=1S/C22H27F3O7/c1-14(11-12-17(26)28-4)18(16-13-30-20(2,3)32-16)31-19(27)21(29-5,22(23,24)25)15-9-7-6-8-10-15/h6-12,14,16,18H,13H2,1-5H3/b12-11+/t14-,16-,18+,21+/m1/s1. The molecule has 1 fully saturated rings. The van der Waals surface area contributed by atoms with E-state index >= 15 is 0 Å². The lowest BCUT2D eigenvalue weighted by Crippen LogP contribution is -2.54. The predicted octanol–water partition coefficient (Wildman–Crippen LogP) is 3.52. The smallest absolute Gasteiger partial charge is 0.432 e. The Morgan fingerprint density at radius 1 is 1.19 bits per heavy atom. The van der Waals surface area contributed by atoms with E-state index in [0.717, 1.165) is 25.3 Å². The molecule has 2 rings (SSSR count). The number of esters is 2. The summed E-state index contributed by atoms with van der Waals surface area (Å²) in [5.74, 6) is -4.07. The Balaban J connectivity index is 2.44. The van der Waals surface area contributed by atoms with Crippen LogP contribution in [0.1, 0.15) is 26.3 Å². The van der Waals surface area contributed by atoms with Gasteiger partial charge in [-0.15, -0.1) is 0 Å². The van der Waals surface area contributed by atoms with Gasteiger partial charge in [-0.3, -0.25) is 0 Å². The van der Waals surface area contributed by atoms with Gasteiger partial charge in [-0.2, -0.15) is 13.2 Å². The molecule has 0 spiro atoms. The highest BCUT2D eigenvalue weighted by atomic mass is 19.4. The fourth-order valence-corrected chi connectivity index (χ4v) is 3.40. The Labute approximate surface area is 184 Å². The van der Waals surface area contributed by atoms with Crippen molar-refractivity contribution in [2.75, 3.05) is 20.8 Å². The monoisotopic (exact) mass is 460 g/mol. The highest BCUT2D eigenvalue weighted by molar-refractivity contribution is 5.83. The fourth-order valence-electron chi connectivity index (χ4n) is 3.40. The molecular formula is C22H27F3O7.